The van der Waals surface area contributed by atoms with Crippen LogP contribution in [0.1, 0.15) is 11.3 Å². The molecule has 94 valence electrons. The van der Waals surface area contributed by atoms with Crippen LogP contribution >= 0.6 is 0 Å². The maximum atomic E-state index is 10.8. The summed E-state index contributed by atoms with van der Waals surface area (Å²) in [5.41, 5.74) is 2.22. The summed E-state index contributed by atoms with van der Waals surface area (Å²) >= 11 is 0. The number of nitrogens with zero attached hydrogens (tertiary/aromatic N) is 3. The molecule has 0 radical (unpaired) electrons. The predicted octanol–water partition coefficient (Wildman–Crippen LogP) is 1.21. The summed E-state index contributed by atoms with van der Waals surface area (Å²) in [5, 5.41) is 16.5. The summed E-state index contributed by atoms with van der Waals surface area (Å²) in [7, 11) is 1.56. The summed E-state index contributed by atoms with van der Waals surface area (Å²) < 4.78 is 6.73. The first-order chi connectivity index (χ1) is 8.61. The lowest BCUT2D eigenvalue weighted by molar-refractivity contribution is -0.136. The van der Waals surface area contributed by atoms with Gasteiger partial charge >= 0.3 is 5.97 Å². The second-order valence-corrected chi connectivity index (χ2v) is 3.88. The topological polar surface area (TPSA) is 77.2 Å². The van der Waals surface area contributed by atoms with Crippen LogP contribution in [0.25, 0.3) is 5.69 Å². The van der Waals surface area contributed by atoms with Crippen molar-refractivity contribution < 1.29 is 14.6 Å². The van der Waals surface area contributed by atoms with Crippen molar-refractivity contribution in [3.05, 3.63) is 35.7 Å². The lowest BCUT2D eigenvalue weighted by atomic mass is 10.2. The Balaban J connectivity index is 2.51. The van der Waals surface area contributed by atoms with Gasteiger partial charge in [0.2, 0.25) is 0 Å². The van der Waals surface area contributed by atoms with Crippen LogP contribution in [-0.4, -0.2) is 33.2 Å². The Bertz CT molecular complexity index is 578. The lowest BCUT2D eigenvalue weighted by Gasteiger charge is -2.10. The number of aromatic nitrogens is 3. The number of aliphatic carboxylic acids is 1. The van der Waals surface area contributed by atoms with E-state index in [1.807, 2.05) is 25.1 Å². The van der Waals surface area contributed by atoms with Gasteiger partial charge in [-0.1, -0.05) is 11.3 Å². The molecule has 0 aliphatic heterocycles. The largest absolute Gasteiger partial charge is 0.494 e. The van der Waals surface area contributed by atoms with Gasteiger partial charge in [0.15, 0.2) is 0 Å². The molecule has 0 amide bonds. The summed E-state index contributed by atoms with van der Waals surface area (Å²) in [6.07, 6.45) is 1.31. The molecule has 1 aromatic heterocycles. The van der Waals surface area contributed by atoms with Crippen LogP contribution in [0.4, 0.5) is 0 Å². The van der Waals surface area contributed by atoms with Gasteiger partial charge in [-0.15, -0.1) is 5.10 Å². The first kappa shape index (κ1) is 12.1. The summed E-state index contributed by atoms with van der Waals surface area (Å²) in [5.74, 6) is -0.303. The van der Waals surface area contributed by atoms with E-state index in [4.69, 9.17) is 9.84 Å². The van der Waals surface area contributed by atoms with E-state index >= 15 is 0 Å². The molecule has 0 fully saturated rings. The van der Waals surface area contributed by atoms with Crippen molar-refractivity contribution >= 4 is 5.97 Å². The summed E-state index contributed by atoms with van der Waals surface area (Å²) in [4.78, 5) is 10.8. The summed E-state index contributed by atoms with van der Waals surface area (Å²) in [6, 6.07) is 5.60. The van der Waals surface area contributed by atoms with Crippen molar-refractivity contribution in [1.82, 2.24) is 15.0 Å². The highest BCUT2D eigenvalue weighted by Gasteiger charge is 2.13. The van der Waals surface area contributed by atoms with Gasteiger partial charge in [0.1, 0.15) is 11.4 Å². The molecule has 0 bridgehead atoms. The Labute approximate surface area is 104 Å². The fourth-order valence-corrected chi connectivity index (χ4v) is 1.70. The van der Waals surface area contributed by atoms with E-state index in [-0.39, 0.29) is 6.42 Å². The predicted molar refractivity (Wildman–Crippen MR) is 64.0 cm³/mol. The Morgan fingerprint density at radius 3 is 2.94 bits per heavy atom. The zero-order chi connectivity index (χ0) is 13.1. The number of carboxylic acid groups (broad SMARTS) is 1. The van der Waals surface area contributed by atoms with Crippen molar-refractivity contribution in [3.63, 3.8) is 0 Å². The van der Waals surface area contributed by atoms with Gasteiger partial charge in [0.25, 0.3) is 0 Å². The number of carboxylic acids is 1. The standard InChI is InChI=1S/C12H13N3O3/c1-8-3-4-11(18-2)10(5-8)15-9(6-12(16)17)7-13-14-15/h3-5,7H,6H2,1-2H3,(H,16,17). The van der Waals surface area contributed by atoms with E-state index in [0.717, 1.165) is 5.56 Å². The average molecular weight is 247 g/mol. The fraction of sp³-hybridized carbons (Fsp3) is 0.250. The number of hydrogen-bond acceptors (Lipinski definition) is 4. The minimum atomic E-state index is -0.926. The van der Waals surface area contributed by atoms with Crippen LogP contribution in [0.2, 0.25) is 0 Å². The number of rotatable bonds is 4. The smallest absolute Gasteiger partial charge is 0.309 e. The number of aryl methyl sites for hydroxylation is 1. The first-order valence-corrected chi connectivity index (χ1v) is 5.38. The van der Waals surface area contributed by atoms with E-state index < -0.39 is 5.97 Å². The molecule has 6 heteroatoms. The molecular weight excluding hydrogens is 234 g/mol. The van der Waals surface area contributed by atoms with Crippen molar-refractivity contribution in [2.75, 3.05) is 7.11 Å². The molecule has 0 saturated carbocycles. The maximum absolute atomic E-state index is 10.8. The SMILES string of the molecule is COc1ccc(C)cc1-n1nncc1CC(=O)O. The first-order valence-electron chi connectivity index (χ1n) is 5.38. The fourth-order valence-electron chi connectivity index (χ4n) is 1.70. The minimum absolute atomic E-state index is 0.135. The third kappa shape index (κ3) is 2.32. The van der Waals surface area contributed by atoms with E-state index in [1.165, 1.54) is 10.9 Å². The molecule has 6 nitrogen and oxygen atoms in total. The molecule has 0 atom stereocenters. The molecule has 2 rings (SSSR count). The molecule has 1 heterocycles. The molecule has 18 heavy (non-hydrogen) atoms. The normalized spacial score (nSPS) is 10.3. The molecule has 2 aromatic rings. The average Bonchev–Trinajstić information content (AvgIpc) is 2.76. The van der Waals surface area contributed by atoms with E-state index in [9.17, 15) is 4.79 Å². The molecule has 0 unspecified atom stereocenters. The molecular formula is C12H13N3O3. The number of hydrogen-bond donors (Lipinski definition) is 1. The monoisotopic (exact) mass is 247 g/mol. The van der Waals surface area contributed by atoms with Crippen molar-refractivity contribution in [2.45, 2.75) is 13.3 Å². The number of ether oxygens (including phenoxy) is 1. The van der Waals surface area contributed by atoms with Crippen LogP contribution in [0.5, 0.6) is 5.75 Å². The van der Waals surface area contributed by atoms with Crippen molar-refractivity contribution in [1.29, 1.82) is 0 Å². The Morgan fingerprint density at radius 1 is 1.50 bits per heavy atom. The molecule has 0 spiro atoms. The van der Waals surface area contributed by atoms with Crippen LogP contribution in [0.15, 0.2) is 24.4 Å². The van der Waals surface area contributed by atoms with Crippen LogP contribution in [-0.2, 0) is 11.2 Å². The van der Waals surface area contributed by atoms with Gasteiger partial charge in [-0.05, 0) is 24.6 Å². The van der Waals surface area contributed by atoms with E-state index in [0.29, 0.717) is 17.1 Å². The summed E-state index contributed by atoms with van der Waals surface area (Å²) in [6.45, 7) is 1.94. The van der Waals surface area contributed by atoms with Gasteiger partial charge in [-0.2, -0.15) is 0 Å². The lowest BCUT2D eigenvalue weighted by Crippen LogP contribution is -2.09. The second kappa shape index (κ2) is 4.87. The van der Waals surface area contributed by atoms with Crippen molar-refractivity contribution in [2.24, 2.45) is 0 Å². The molecule has 1 aromatic carbocycles. The quantitative estimate of drug-likeness (QED) is 0.878. The molecule has 0 saturated heterocycles. The molecule has 1 N–H and O–H groups in total. The highest BCUT2D eigenvalue weighted by Crippen LogP contribution is 2.24. The van der Waals surface area contributed by atoms with Gasteiger partial charge < -0.3 is 9.84 Å². The zero-order valence-electron chi connectivity index (χ0n) is 10.1. The Kier molecular flexibility index (Phi) is 3.27. The van der Waals surface area contributed by atoms with Gasteiger partial charge in [-0.25, -0.2) is 4.68 Å². The van der Waals surface area contributed by atoms with E-state index in [1.54, 1.807) is 7.11 Å². The molecule has 0 aliphatic carbocycles. The minimum Gasteiger partial charge on any atom is -0.494 e. The number of methoxy groups -OCH3 is 1. The van der Waals surface area contributed by atoms with Crippen LogP contribution < -0.4 is 4.74 Å². The van der Waals surface area contributed by atoms with Gasteiger partial charge in [-0.3, -0.25) is 4.79 Å². The van der Waals surface area contributed by atoms with Crippen molar-refractivity contribution in [3.8, 4) is 11.4 Å². The van der Waals surface area contributed by atoms with Crippen LogP contribution in [0.3, 0.4) is 0 Å². The highest BCUT2D eigenvalue weighted by atomic mass is 16.5. The maximum Gasteiger partial charge on any atom is 0.309 e. The highest BCUT2D eigenvalue weighted by molar-refractivity contribution is 5.69. The second-order valence-electron chi connectivity index (χ2n) is 3.88. The zero-order valence-corrected chi connectivity index (χ0v) is 10.1. The van der Waals surface area contributed by atoms with Crippen LogP contribution in [0, 0.1) is 6.92 Å². The third-order valence-corrected chi connectivity index (χ3v) is 2.51. The molecule has 0 aliphatic rings. The van der Waals surface area contributed by atoms with E-state index in [2.05, 4.69) is 10.3 Å². The number of benzene rings is 1. The number of carbonyl (C=O) groups is 1. The third-order valence-electron chi connectivity index (χ3n) is 2.51. The Hall–Kier alpha value is -2.37. The Morgan fingerprint density at radius 2 is 2.28 bits per heavy atom. The van der Waals surface area contributed by atoms with Gasteiger partial charge in [0, 0.05) is 0 Å². The van der Waals surface area contributed by atoms with Gasteiger partial charge in [0.05, 0.1) is 25.4 Å².